The molecule has 0 bridgehead atoms. The van der Waals surface area contributed by atoms with Gasteiger partial charge < -0.3 is 20.7 Å². The molecule has 10 nitrogen and oxygen atoms in total. The van der Waals surface area contributed by atoms with Gasteiger partial charge >= 0.3 is 6.03 Å². The Morgan fingerprint density at radius 2 is 1.76 bits per heavy atom. The molecule has 3 N–H and O–H groups in total. The van der Waals surface area contributed by atoms with E-state index in [-0.39, 0.29) is 29.0 Å². The van der Waals surface area contributed by atoms with Crippen molar-refractivity contribution in [2.24, 2.45) is 5.73 Å². The summed E-state index contributed by atoms with van der Waals surface area (Å²) in [5.41, 5.74) is 5.38. The van der Waals surface area contributed by atoms with E-state index < -0.39 is 39.0 Å². The first-order chi connectivity index (χ1) is 20.9. The third kappa shape index (κ3) is 9.84. The monoisotopic (exact) mass is 665 g/mol. The maximum Gasteiger partial charge on any atom is 0.322 e. The molecule has 4 rings (SSSR count). The van der Waals surface area contributed by atoms with E-state index in [1.54, 1.807) is 29.3 Å². The molecule has 0 unspecified atom stereocenters. The summed E-state index contributed by atoms with van der Waals surface area (Å²) >= 11 is 0. The number of halogens is 3. The van der Waals surface area contributed by atoms with Gasteiger partial charge in [-0.15, -0.1) is 12.4 Å². The fraction of sp³-hybridized carbons (Fsp3) is 0.387. The highest BCUT2D eigenvalue weighted by molar-refractivity contribution is 7.90. The second kappa shape index (κ2) is 16.0. The fourth-order valence-electron chi connectivity index (χ4n) is 5.09. The molecule has 14 heteroatoms. The summed E-state index contributed by atoms with van der Waals surface area (Å²) in [6.45, 7) is 4.65. The van der Waals surface area contributed by atoms with Crippen molar-refractivity contribution in [3.8, 4) is 11.6 Å². The van der Waals surface area contributed by atoms with Gasteiger partial charge in [-0.3, -0.25) is 9.69 Å². The summed E-state index contributed by atoms with van der Waals surface area (Å²) in [7, 11) is -3.29. The number of likely N-dealkylation sites (tertiary alicyclic amines) is 1. The molecule has 1 saturated heterocycles. The molecule has 2 heterocycles. The van der Waals surface area contributed by atoms with Crippen LogP contribution in [-0.2, 0) is 16.4 Å². The van der Waals surface area contributed by atoms with E-state index >= 15 is 0 Å². The Morgan fingerprint density at radius 3 is 2.33 bits per heavy atom. The van der Waals surface area contributed by atoms with E-state index in [2.05, 4.69) is 22.1 Å². The van der Waals surface area contributed by atoms with E-state index in [4.69, 9.17) is 10.5 Å². The van der Waals surface area contributed by atoms with E-state index in [1.165, 1.54) is 12.1 Å². The summed E-state index contributed by atoms with van der Waals surface area (Å²) in [4.78, 5) is 33.4. The fourth-order valence-corrected chi connectivity index (χ4v) is 5.72. The lowest BCUT2D eigenvalue weighted by atomic mass is 10.0. The van der Waals surface area contributed by atoms with Crippen molar-refractivity contribution in [1.29, 1.82) is 0 Å². The zero-order chi connectivity index (χ0) is 31.9. The number of urea groups is 1. The first-order valence-corrected chi connectivity index (χ1v) is 16.4. The van der Waals surface area contributed by atoms with Crippen LogP contribution in [0.15, 0.2) is 59.6 Å². The van der Waals surface area contributed by atoms with Gasteiger partial charge in [-0.2, -0.15) is 0 Å². The van der Waals surface area contributed by atoms with Crippen LogP contribution < -0.4 is 15.8 Å². The van der Waals surface area contributed by atoms with Gasteiger partial charge in [0.05, 0.1) is 16.1 Å². The molecular weight excluding hydrogens is 628 g/mol. The van der Waals surface area contributed by atoms with Gasteiger partial charge in [0.1, 0.15) is 17.4 Å². The van der Waals surface area contributed by atoms with Gasteiger partial charge in [-0.1, -0.05) is 25.8 Å². The Balaban J connectivity index is 0.00000552. The molecule has 1 aromatic heterocycles. The second-order valence-corrected chi connectivity index (χ2v) is 12.9. The Morgan fingerprint density at radius 1 is 1.07 bits per heavy atom. The number of pyridine rings is 1. The molecule has 45 heavy (non-hydrogen) atoms. The molecule has 3 amide bonds. The van der Waals surface area contributed by atoms with Gasteiger partial charge in [-0.05, 0) is 55.2 Å². The SMILES string of the molecule is CCCCCN(C(=O)Nc1cc(C(N)=O)c(F)cc1F)C1CCN(Cc2ccc(Oc3ccc(S(C)(=O)=O)cc3)nc2)CC1.Cl. The number of nitrogens with one attached hydrogen (secondary N) is 1. The number of carbonyl (C=O) groups is 2. The number of unbranched alkanes of at least 4 members (excludes halogenated alkanes) is 2. The van der Waals surface area contributed by atoms with Crippen LogP contribution in [0.2, 0.25) is 0 Å². The standard InChI is InChI=1S/C31H37F2N5O5S.ClH/c1-3-4-5-14-38(31(40)36-28-17-25(30(34)39)26(32)18-27(28)33)22-12-15-37(16-13-22)20-21-6-11-29(35-19-21)43-23-7-9-24(10-8-23)44(2,41)42;/h6-11,17-19,22H,3-5,12-16,20H2,1-2H3,(H2,34,39)(H,36,40);1H. The molecule has 0 spiro atoms. The number of rotatable bonds is 12. The van der Waals surface area contributed by atoms with Crippen LogP contribution in [0.5, 0.6) is 11.6 Å². The minimum atomic E-state index is -3.29. The Hall–Kier alpha value is -3.81. The maximum absolute atomic E-state index is 14.4. The molecule has 1 aliphatic heterocycles. The first-order valence-electron chi connectivity index (χ1n) is 14.5. The van der Waals surface area contributed by atoms with Crippen molar-refractivity contribution >= 4 is 39.9 Å². The van der Waals surface area contributed by atoms with Crippen LogP contribution in [-0.4, -0.2) is 67.1 Å². The van der Waals surface area contributed by atoms with Gasteiger partial charge in [0, 0.05) is 56.8 Å². The molecule has 3 aromatic rings. The number of hydrogen-bond donors (Lipinski definition) is 2. The number of carbonyl (C=O) groups excluding carboxylic acids is 2. The largest absolute Gasteiger partial charge is 0.439 e. The van der Waals surface area contributed by atoms with E-state index in [0.717, 1.165) is 50.2 Å². The van der Waals surface area contributed by atoms with Crippen molar-refractivity contribution in [1.82, 2.24) is 14.8 Å². The van der Waals surface area contributed by atoms with Crippen molar-refractivity contribution in [3.63, 3.8) is 0 Å². The van der Waals surface area contributed by atoms with Crippen LogP contribution in [0.4, 0.5) is 19.3 Å². The number of anilines is 1. The zero-order valence-corrected chi connectivity index (χ0v) is 26.8. The highest BCUT2D eigenvalue weighted by atomic mass is 35.5. The Kier molecular flexibility index (Phi) is 12.6. The number of nitrogens with zero attached hydrogens (tertiary/aromatic N) is 3. The quantitative estimate of drug-likeness (QED) is 0.235. The smallest absolute Gasteiger partial charge is 0.322 e. The summed E-state index contributed by atoms with van der Waals surface area (Å²) in [6.07, 6.45) is 6.96. The van der Waals surface area contributed by atoms with Crippen LogP contribution in [0.25, 0.3) is 0 Å². The number of sulfone groups is 1. The van der Waals surface area contributed by atoms with E-state index in [0.29, 0.717) is 43.6 Å². The third-order valence-electron chi connectivity index (χ3n) is 7.50. The van der Waals surface area contributed by atoms with E-state index in [9.17, 15) is 26.8 Å². The van der Waals surface area contributed by atoms with Gasteiger partial charge in [0.2, 0.25) is 5.88 Å². The lowest BCUT2D eigenvalue weighted by Gasteiger charge is -2.38. The molecule has 0 atom stereocenters. The summed E-state index contributed by atoms with van der Waals surface area (Å²) < 4.78 is 57.4. The summed E-state index contributed by atoms with van der Waals surface area (Å²) in [6, 6.07) is 10.7. The second-order valence-electron chi connectivity index (χ2n) is 10.9. The molecule has 0 radical (unpaired) electrons. The van der Waals surface area contributed by atoms with Crippen LogP contribution >= 0.6 is 12.4 Å². The minimum absolute atomic E-state index is 0. The number of primary amides is 1. The van der Waals surface area contributed by atoms with Crippen LogP contribution in [0, 0.1) is 11.6 Å². The summed E-state index contributed by atoms with van der Waals surface area (Å²) in [5.74, 6) is -2.27. The lowest BCUT2D eigenvalue weighted by molar-refractivity contribution is 0.0996. The van der Waals surface area contributed by atoms with E-state index in [1.807, 2.05) is 6.07 Å². The minimum Gasteiger partial charge on any atom is -0.439 e. The number of ether oxygens (including phenoxy) is 1. The highest BCUT2D eigenvalue weighted by Crippen LogP contribution is 2.25. The number of nitrogens with two attached hydrogens (primary N) is 1. The average Bonchev–Trinajstić information content (AvgIpc) is 2.98. The first kappa shape index (κ1) is 35.7. The third-order valence-corrected chi connectivity index (χ3v) is 8.63. The molecule has 1 aliphatic rings. The normalized spacial score (nSPS) is 14.0. The number of amides is 3. The topological polar surface area (TPSA) is 135 Å². The number of piperidine rings is 1. The van der Waals surface area contributed by atoms with Crippen molar-refractivity contribution < 1.29 is 31.5 Å². The van der Waals surface area contributed by atoms with Gasteiger partial charge in [0.15, 0.2) is 9.84 Å². The summed E-state index contributed by atoms with van der Waals surface area (Å²) in [5, 5.41) is 2.52. The van der Waals surface area contributed by atoms with Crippen molar-refractivity contribution in [2.75, 3.05) is 31.2 Å². The highest BCUT2D eigenvalue weighted by Gasteiger charge is 2.29. The average molecular weight is 666 g/mol. The van der Waals surface area contributed by atoms with Crippen molar-refractivity contribution in [3.05, 3.63) is 77.5 Å². The molecular formula is C31H38ClF2N5O5S. The molecule has 1 fully saturated rings. The van der Waals surface area contributed by atoms with Crippen LogP contribution in [0.3, 0.4) is 0 Å². The molecule has 2 aromatic carbocycles. The zero-order valence-electron chi connectivity index (χ0n) is 25.2. The number of benzene rings is 2. The number of aromatic nitrogens is 1. The Bertz CT molecular complexity index is 1570. The maximum atomic E-state index is 14.4. The molecule has 0 aliphatic carbocycles. The Labute approximate surface area is 268 Å². The lowest BCUT2D eigenvalue weighted by Crippen LogP contribution is -2.49. The van der Waals surface area contributed by atoms with Crippen LogP contribution in [0.1, 0.15) is 54.9 Å². The van der Waals surface area contributed by atoms with Crippen molar-refractivity contribution in [2.45, 2.75) is 56.5 Å². The predicted molar refractivity (Wildman–Crippen MR) is 170 cm³/mol. The molecule has 0 saturated carbocycles. The number of hydrogen-bond acceptors (Lipinski definition) is 7. The van der Waals surface area contributed by atoms with Gasteiger partial charge in [-0.25, -0.2) is 27.0 Å². The molecule has 244 valence electrons. The van der Waals surface area contributed by atoms with Gasteiger partial charge in [0.25, 0.3) is 5.91 Å². The predicted octanol–water partition coefficient (Wildman–Crippen LogP) is 5.77.